The van der Waals surface area contributed by atoms with E-state index in [4.69, 9.17) is 9.84 Å². The molecule has 0 radical (unpaired) electrons. The van der Waals surface area contributed by atoms with Crippen molar-refractivity contribution in [1.29, 1.82) is 0 Å². The number of H-pyrrole nitrogens is 1. The number of carbonyl (C=O) groups excluding carboxylic acids is 2. The Morgan fingerprint density at radius 1 is 1.26 bits per heavy atom. The van der Waals surface area contributed by atoms with E-state index < -0.39 is 5.60 Å². The highest BCUT2D eigenvalue weighted by molar-refractivity contribution is 6.07. The van der Waals surface area contributed by atoms with Crippen LogP contribution in [0.5, 0.6) is 0 Å². The first kappa shape index (κ1) is 24.6. The Bertz CT molecular complexity index is 1300. The molecule has 0 bridgehead atoms. The Morgan fingerprint density at radius 3 is 2.63 bits per heavy atom. The molecule has 1 unspecified atom stereocenters. The number of aromatic amines is 1. The Morgan fingerprint density at radius 2 is 1.97 bits per heavy atom. The highest BCUT2D eigenvalue weighted by Crippen LogP contribution is 2.32. The summed E-state index contributed by atoms with van der Waals surface area (Å²) < 4.78 is 7.26. The number of anilines is 1. The molecule has 0 spiro atoms. The molecule has 35 heavy (non-hydrogen) atoms. The number of benzene rings is 1. The van der Waals surface area contributed by atoms with Crippen molar-refractivity contribution < 1.29 is 14.3 Å². The molecule has 1 aliphatic heterocycles. The van der Waals surface area contributed by atoms with Gasteiger partial charge in [0.05, 0.1) is 22.3 Å². The molecule has 0 saturated carbocycles. The van der Waals surface area contributed by atoms with Crippen molar-refractivity contribution in [2.75, 3.05) is 18.4 Å². The van der Waals surface area contributed by atoms with Gasteiger partial charge in [0.2, 0.25) is 0 Å². The van der Waals surface area contributed by atoms with E-state index in [1.54, 1.807) is 21.5 Å². The number of hydrogen-bond donors (Lipinski definition) is 3. The number of urea groups is 1. The summed E-state index contributed by atoms with van der Waals surface area (Å²) in [5.41, 5.74) is 1.80. The quantitative estimate of drug-likeness (QED) is 0.514. The lowest BCUT2D eigenvalue weighted by Crippen LogP contribution is -2.41. The first-order valence-corrected chi connectivity index (χ1v) is 12.2. The number of ether oxygens (including phenoxy) is 1. The number of rotatable bonds is 4. The predicted molar refractivity (Wildman–Crippen MR) is 135 cm³/mol. The largest absolute Gasteiger partial charge is 0.444 e. The molecule has 10 nitrogen and oxygen atoms in total. The lowest BCUT2D eigenvalue weighted by Gasteiger charge is -2.33. The predicted octanol–water partition coefficient (Wildman–Crippen LogP) is 4.21. The van der Waals surface area contributed by atoms with Gasteiger partial charge in [0.1, 0.15) is 11.2 Å². The maximum atomic E-state index is 12.7. The van der Waals surface area contributed by atoms with E-state index >= 15 is 0 Å². The van der Waals surface area contributed by atoms with Crippen LogP contribution >= 0.6 is 0 Å². The van der Waals surface area contributed by atoms with Crippen LogP contribution in [0.3, 0.4) is 0 Å². The number of nitrogens with one attached hydrogen (secondary N) is 3. The SMILES string of the molecule is CCC(C)NC(=O)Nc1cccc2nn3c(C4CCN(C(=O)OC(C)(C)C)CC4)cc(=O)[nH]c3c12. The number of carbonyl (C=O) groups is 2. The van der Waals surface area contributed by atoms with Crippen LogP contribution in [0.4, 0.5) is 15.3 Å². The molecule has 0 aliphatic carbocycles. The average molecular weight is 483 g/mol. The number of likely N-dealkylation sites (tertiary alicyclic amines) is 1. The average Bonchev–Trinajstić information content (AvgIpc) is 3.16. The maximum absolute atomic E-state index is 12.7. The van der Waals surface area contributed by atoms with E-state index in [2.05, 4.69) is 15.6 Å². The summed E-state index contributed by atoms with van der Waals surface area (Å²) in [7, 11) is 0. The number of piperidine rings is 1. The van der Waals surface area contributed by atoms with Gasteiger partial charge in [-0.05, 0) is 59.1 Å². The molecule has 1 atom stereocenters. The summed E-state index contributed by atoms with van der Waals surface area (Å²) in [4.78, 5) is 42.2. The van der Waals surface area contributed by atoms with Crippen LogP contribution in [0.2, 0.25) is 0 Å². The standard InChI is InChI=1S/C25H34N6O4/c1-6-15(2)26-23(33)27-17-8-7-9-18-21(17)22-28-20(32)14-19(31(22)29-18)16-10-12-30(13-11-16)24(34)35-25(3,4)5/h7-9,14-16H,6,10-13H2,1-5H3,(H,28,32)(H2,26,27,33). The van der Waals surface area contributed by atoms with E-state index in [-0.39, 0.29) is 29.6 Å². The molecule has 3 N–H and O–H groups in total. The molecule has 1 aliphatic rings. The van der Waals surface area contributed by atoms with Crippen molar-refractivity contribution in [3.8, 4) is 0 Å². The van der Waals surface area contributed by atoms with Gasteiger partial charge in [0.25, 0.3) is 5.56 Å². The maximum Gasteiger partial charge on any atom is 0.410 e. The van der Waals surface area contributed by atoms with Gasteiger partial charge < -0.3 is 25.3 Å². The molecule has 2 aromatic heterocycles. The molecule has 1 aromatic carbocycles. The number of fused-ring (bicyclic) bond motifs is 3. The lowest BCUT2D eigenvalue weighted by atomic mass is 9.93. The molecule has 3 aromatic rings. The van der Waals surface area contributed by atoms with E-state index in [1.807, 2.05) is 46.8 Å². The molecule has 4 rings (SSSR count). The third-order valence-corrected chi connectivity index (χ3v) is 6.27. The van der Waals surface area contributed by atoms with Crippen molar-refractivity contribution in [3.05, 3.63) is 40.3 Å². The monoisotopic (exact) mass is 482 g/mol. The van der Waals surface area contributed by atoms with E-state index in [0.717, 1.165) is 12.1 Å². The Kier molecular flexibility index (Phi) is 6.73. The Balaban J connectivity index is 1.63. The molecular formula is C25H34N6O4. The number of aromatic nitrogens is 3. The van der Waals surface area contributed by atoms with E-state index in [0.29, 0.717) is 48.2 Å². The minimum Gasteiger partial charge on any atom is -0.444 e. The number of amides is 3. The van der Waals surface area contributed by atoms with Crippen molar-refractivity contribution in [3.63, 3.8) is 0 Å². The summed E-state index contributed by atoms with van der Waals surface area (Å²) in [6.45, 7) is 10.6. The van der Waals surface area contributed by atoms with Crippen LogP contribution in [0.1, 0.15) is 65.5 Å². The van der Waals surface area contributed by atoms with Gasteiger partial charge in [-0.3, -0.25) is 4.79 Å². The lowest BCUT2D eigenvalue weighted by molar-refractivity contribution is 0.0203. The highest BCUT2D eigenvalue weighted by atomic mass is 16.6. The van der Waals surface area contributed by atoms with Crippen LogP contribution < -0.4 is 16.2 Å². The third kappa shape index (κ3) is 5.41. The van der Waals surface area contributed by atoms with Gasteiger partial charge in [-0.1, -0.05) is 13.0 Å². The minimum atomic E-state index is -0.542. The van der Waals surface area contributed by atoms with Crippen LogP contribution in [0.15, 0.2) is 29.1 Å². The van der Waals surface area contributed by atoms with Gasteiger partial charge in [0.15, 0.2) is 0 Å². The summed E-state index contributed by atoms with van der Waals surface area (Å²) in [6.07, 6.45) is 1.88. The molecule has 188 valence electrons. The molecule has 3 heterocycles. The van der Waals surface area contributed by atoms with Crippen molar-refractivity contribution in [2.24, 2.45) is 0 Å². The van der Waals surface area contributed by atoms with Crippen LogP contribution in [0, 0.1) is 0 Å². The van der Waals surface area contributed by atoms with Crippen molar-refractivity contribution in [2.45, 2.75) is 71.4 Å². The van der Waals surface area contributed by atoms with Gasteiger partial charge in [-0.15, -0.1) is 0 Å². The summed E-state index contributed by atoms with van der Waals surface area (Å²) in [5, 5.41) is 11.2. The first-order valence-electron chi connectivity index (χ1n) is 12.2. The van der Waals surface area contributed by atoms with Crippen LogP contribution in [-0.4, -0.2) is 56.4 Å². The number of hydrogen-bond acceptors (Lipinski definition) is 5. The molecular weight excluding hydrogens is 448 g/mol. The van der Waals surface area contributed by atoms with Gasteiger partial charge in [-0.25, -0.2) is 14.1 Å². The van der Waals surface area contributed by atoms with Gasteiger partial charge in [-0.2, -0.15) is 5.10 Å². The molecule has 10 heteroatoms. The fraction of sp³-hybridized carbons (Fsp3) is 0.520. The van der Waals surface area contributed by atoms with Gasteiger partial charge in [0, 0.05) is 31.1 Å². The van der Waals surface area contributed by atoms with Crippen LogP contribution in [0.25, 0.3) is 16.6 Å². The fourth-order valence-corrected chi connectivity index (χ4v) is 4.35. The van der Waals surface area contributed by atoms with Gasteiger partial charge >= 0.3 is 12.1 Å². The number of nitrogens with zero attached hydrogens (tertiary/aromatic N) is 3. The van der Waals surface area contributed by atoms with E-state index in [1.165, 1.54) is 0 Å². The summed E-state index contributed by atoms with van der Waals surface area (Å²) in [5.74, 6) is 0.0536. The Hall–Kier alpha value is -3.56. The van der Waals surface area contributed by atoms with Crippen molar-refractivity contribution >= 4 is 34.4 Å². The summed E-state index contributed by atoms with van der Waals surface area (Å²) in [6, 6.07) is 6.79. The second-order valence-corrected chi connectivity index (χ2v) is 10.2. The highest BCUT2D eigenvalue weighted by Gasteiger charge is 2.29. The topological polar surface area (TPSA) is 121 Å². The fourth-order valence-electron chi connectivity index (χ4n) is 4.35. The third-order valence-electron chi connectivity index (χ3n) is 6.27. The zero-order chi connectivity index (χ0) is 25.3. The zero-order valence-electron chi connectivity index (χ0n) is 21.0. The molecule has 3 amide bonds. The normalized spacial score (nSPS) is 15.9. The zero-order valence-corrected chi connectivity index (χ0v) is 21.0. The minimum absolute atomic E-state index is 0.0380. The summed E-state index contributed by atoms with van der Waals surface area (Å²) >= 11 is 0. The van der Waals surface area contributed by atoms with Crippen LogP contribution in [-0.2, 0) is 4.74 Å². The van der Waals surface area contributed by atoms with Crippen molar-refractivity contribution in [1.82, 2.24) is 24.8 Å². The van der Waals surface area contributed by atoms with E-state index in [9.17, 15) is 14.4 Å². The molecule has 1 saturated heterocycles. The first-order chi connectivity index (χ1) is 16.6. The second kappa shape index (κ2) is 9.59. The molecule has 1 fully saturated rings. The Labute approximate surface area is 204 Å². The smallest absolute Gasteiger partial charge is 0.410 e. The second-order valence-electron chi connectivity index (χ2n) is 10.2.